The van der Waals surface area contributed by atoms with Crippen LogP contribution in [0.4, 0.5) is 5.69 Å². The lowest BCUT2D eigenvalue weighted by atomic mass is 10.1. The molecule has 0 saturated heterocycles. The zero-order chi connectivity index (χ0) is 12.5. The Balaban J connectivity index is 1.87. The summed E-state index contributed by atoms with van der Waals surface area (Å²) in [6.07, 6.45) is 6.55. The number of rotatable bonds is 6. The van der Waals surface area contributed by atoms with Crippen molar-refractivity contribution in [2.45, 2.75) is 38.1 Å². The van der Waals surface area contributed by atoms with E-state index >= 15 is 0 Å². The van der Waals surface area contributed by atoms with Gasteiger partial charge in [-0.3, -0.25) is 0 Å². The zero-order valence-electron chi connectivity index (χ0n) is 10.7. The summed E-state index contributed by atoms with van der Waals surface area (Å²) >= 11 is 3.61. The second-order valence-electron chi connectivity index (χ2n) is 5.64. The maximum absolute atomic E-state index is 5.74. The van der Waals surface area contributed by atoms with Gasteiger partial charge < -0.3 is 10.6 Å². The molecular weight excluding hydrogens is 288 g/mol. The average molecular weight is 309 g/mol. The second kappa shape index (κ2) is 5.22. The predicted molar refractivity (Wildman–Crippen MR) is 80.0 cm³/mol. The van der Waals surface area contributed by atoms with Crippen LogP contribution < -0.4 is 10.6 Å². The molecular formula is C15H21BrN2. The molecule has 2 N–H and O–H groups in total. The number of anilines is 1. The van der Waals surface area contributed by atoms with E-state index in [2.05, 4.69) is 39.0 Å². The van der Waals surface area contributed by atoms with Crippen molar-refractivity contribution < 1.29 is 0 Å². The molecule has 18 heavy (non-hydrogen) atoms. The van der Waals surface area contributed by atoms with E-state index in [4.69, 9.17) is 5.73 Å². The number of nitrogens with zero attached hydrogens (tertiary/aromatic N) is 1. The fraction of sp³-hybridized carbons (Fsp3) is 0.600. The van der Waals surface area contributed by atoms with E-state index in [0.29, 0.717) is 0 Å². The lowest BCUT2D eigenvalue weighted by Gasteiger charge is -2.27. The highest BCUT2D eigenvalue weighted by Crippen LogP contribution is 2.39. The maximum Gasteiger partial charge on any atom is 0.0413 e. The Morgan fingerprint density at radius 3 is 2.61 bits per heavy atom. The molecule has 0 aromatic heterocycles. The number of nitrogens with two attached hydrogens (primary N) is 1. The van der Waals surface area contributed by atoms with Gasteiger partial charge in [-0.05, 0) is 62.3 Å². The van der Waals surface area contributed by atoms with Crippen LogP contribution in [0.25, 0.3) is 0 Å². The van der Waals surface area contributed by atoms with Gasteiger partial charge in [0.2, 0.25) is 0 Å². The van der Waals surface area contributed by atoms with Crippen LogP contribution >= 0.6 is 15.9 Å². The Bertz CT molecular complexity index is 425. The van der Waals surface area contributed by atoms with Crippen molar-refractivity contribution in [3.05, 3.63) is 28.2 Å². The van der Waals surface area contributed by atoms with Crippen molar-refractivity contribution in [1.82, 2.24) is 0 Å². The Labute approximate surface area is 118 Å². The van der Waals surface area contributed by atoms with E-state index in [1.807, 2.05) is 0 Å². The number of hydrogen-bond acceptors (Lipinski definition) is 2. The molecule has 3 rings (SSSR count). The summed E-state index contributed by atoms with van der Waals surface area (Å²) in [4.78, 5) is 2.65. The first-order chi connectivity index (χ1) is 8.78. The molecule has 1 aromatic carbocycles. The average Bonchev–Trinajstić information content (AvgIpc) is 3.22. The summed E-state index contributed by atoms with van der Waals surface area (Å²) in [5, 5.41) is 0. The molecule has 1 aromatic rings. The molecule has 2 aliphatic rings. The first-order valence-electron chi connectivity index (χ1n) is 7.03. The van der Waals surface area contributed by atoms with E-state index in [-0.39, 0.29) is 0 Å². The van der Waals surface area contributed by atoms with Gasteiger partial charge in [0.05, 0.1) is 0 Å². The third-order valence-corrected chi connectivity index (χ3v) is 4.40. The topological polar surface area (TPSA) is 29.3 Å². The van der Waals surface area contributed by atoms with Crippen molar-refractivity contribution in [3.8, 4) is 0 Å². The predicted octanol–water partition coefficient (Wildman–Crippen LogP) is 3.33. The van der Waals surface area contributed by atoms with Crippen molar-refractivity contribution in [1.29, 1.82) is 0 Å². The quantitative estimate of drug-likeness (QED) is 0.873. The molecule has 0 atom stereocenters. The van der Waals surface area contributed by atoms with Gasteiger partial charge in [-0.25, -0.2) is 0 Å². The molecule has 0 aliphatic heterocycles. The fourth-order valence-electron chi connectivity index (χ4n) is 2.58. The highest BCUT2D eigenvalue weighted by atomic mass is 79.9. The van der Waals surface area contributed by atoms with Crippen LogP contribution in [0.2, 0.25) is 0 Å². The van der Waals surface area contributed by atoms with Crippen molar-refractivity contribution >= 4 is 21.6 Å². The van der Waals surface area contributed by atoms with Gasteiger partial charge >= 0.3 is 0 Å². The molecule has 0 heterocycles. The van der Waals surface area contributed by atoms with Crippen molar-refractivity contribution in [2.75, 3.05) is 18.0 Å². The molecule has 98 valence electrons. The first-order valence-corrected chi connectivity index (χ1v) is 7.82. The second-order valence-corrected chi connectivity index (χ2v) is 6.55. The third-order valence-electron chi connectivity index (χ3n) is 3.91. The van der Waals surface area contributed by atoms with Gasteiger partial charge in [0.15, 0.2) is 0 Å². The summed E-state index contributed by atoms with van der Waals surface area (Å²) < 4.78 is 1.18. The lowest BCUT2D eigenvalue weighted by molar-refractivity contribution is 0.714. The van der Waals surface area contributed by atoms with E-state index in [9.17, 15) is 0 Å². The highest BCUT2D eigenvalue weighted by molar-refractivity contribution is 9.10. The first kappa shape index (κ1) is 12.5. The lowest BCUT2D eigenvalue weighted by Crippen LogP contribution is -2.29. The Morgan fingerprint density at radius 1 is 1.22 bits per heavy atom. The van der Waals surface area contributed by atoms with Gasteiger partial charge in [-0.2, -0.15) is 0 Å². The minimum Gasteiger partial charge on any atom is -0.368 e. The molecule has 0 unspecified atom stereocenters. The van der Waals surface area contributed by atoms with Gasteiger partial charge in [0.25, 0.3) is 0 Å². The van der Waals surface area contributed by atoms with Crippen LogP contribution in [-0.2, 0) is 6.42 Å². The molecule has 2 fully saturated rings. The minimum atomic E-state index is 0.733. The number of hydrogen-bond donors (Lipinski definition) is 1. The number of halogens is 1. The van der Waals surface area contributed by atoms with Crippen LogP contribution in [0.3, 0.4) is 0 Å². The molecule has 2 nitrogen and oxygen atoms in total. The molecule has 0 amide bonds. The van der Waals surface area contributed by atoms with E-state index in [1.54, 1.807) is 0 Å². The molecule has 0 spiro atoms. The van der Waals surface area contributed by atoms with E-state index in [1.165, 1.54) is 48.0 Å². The maximum atomic E-state index is 5.74. The zero-order valence-corrected chi connectivity index (χ0v) is 12.3. The van der Waals surface area contributed by atoms with E-state index in [0.717, 1.165) is 24.9 Å². The van der Waals surface area contributed by atoms with Crippen LogP contribution in [0.15, 0.2) is 22.7 Å². The Hall–Kier alpha value is -0.540. The van der Waals surface area contributed by atoms with Crippen LogP contribution in [0, 0.1) is 5.92 Å². The normalized spacial score (nSPS) is 19.0. The van der Waals surface area contributed by atoms with Gasteiger partial charge in [0, 0.05) is 22.7 Å². The Morgan fingerprint density at radius 2 is 2.00 bits per heavy atom. The summed E-state index contributed by atoms with van der Waals surface area (Å²) in [6, 6.07) is 7.44. The van der Waals surface area contributed by atoms with Crippen LogP contribution in [0.1, 0.15) is 31.2 Å². The largest absolute Gasteiger partial charge is 0.368 e. The Kier molecular flexibility index (Phi) is 3.62. The van der Waals surface area contributed by atoms with Crippen LogP contribution in [-0.4, -0.2) is 19.1 Å². The standard InChI is InChI=1S/C15H21BrN2/c16-13-4-3-12(7-8-17)15(9-13)18(14-5-6-14)10-11-1-2-11/h3-4,9,11,14H,1-2,5-8,10,17H2. The fourth-order valence-corrected chi connectivity index (χ4v) is 2.93. The highest BCUT2D eigenvalue weighted by Gasteiger charge is 2.34. The smallest absolute Gasteiger partial charge is 0.0413 e. The molecule has 0 bridgehead atoms. The van der Waals surface area contributed by atoms with E-state index < -0.39 is 0 Å². The minimum absolute atomic E-state index is 0.733. The summed E-state index contributed by atoms with van der Waals surface area (Å²) in [7, 11) is 0. The molecule has 0 radical (unpaired) electrons. The van der Waals surface area contributed by atoms with Gasteiger partial charge in [0.1, 0.15) is 0 Å². The van der Waals surface area contributed by atoms with Crippen molar-refractivity contribution in [3.63, 3.8) is 0 Å². The monoisotopic (exact) mass is 308 g/mol. The molecule has 2 saturated carbocycles. The van der Waals surface area contributed by atoms with Gasteiger partial charge in [-0.15, -0.1) is 0 Å². The van der Waals surface area contributed by atoms with Crippen LogP contribution in [0.5, 0.6) is 0 Å². The summed E-state index contributed by atoms with van der Waals surface area (Å²) in [5.74, 6) is 0.940. The number of benzene rings is 1. The van der Waals surface area contributed by atoms with Crippen molar-refractivity contribution in [2.24, 2.45) is 11.7 Å². The SMILES string of the molecule is NCCc1ccc(Br)cc1N(CC1CC1)C1CC1. The molecule has 2 aliphatic carbocycles. The summed E-state index contributed by atoms with van der Waals surface area (Å²) in [6.45, 7) is 1.98. The summed E-state index contributed by atoms with van der Waals surface area (Å²) in [5.41, 5.74) is 8.57. The third kappa shape index (κ3) is 2.89. The van der Waals surface area contributed by atoms with Gasteiger partial charge in [-0.1, -0.05) is 22.0 Å². The molecule has 3 heteroatoms.